The summed E-state index contributed by atoms with van der Waals surface area (Å²) in [6, 6.07) is 6.33. The highest BCUT2D eigenvalue weighted by Crippen LogP contribution is 2.15. The summed E-state index contributed by atoms with van der Waals surface area (Å²) in [5.41, 5.74) is 0.552. The van der Waals surface area contributed by atoms with Crippen molar-refractivity contribution >= 4 is 16.7 Å². The molecule has 76 valence electrons. The third-order valence-electron chi connectivity index (χ3n) is 2.25. The first-order valence-electron chi connectivity index (χ1n) is 4.45. The SMILES string of the molecule is Cc1cc2c(C(=O)O)cccc2c(=O)[nH]1. The number of fused-ring (bicyclic) bond motifs is 1. The lowest BCUT2D eigenvalue weighted by Gasteiger charge is -2.02. The third-order valence-corrected chi connectivity index (χ3v) is 2.25. The Morgan fingerprint density at radius 2 is 2.07 bits per heavy atom. The van der Waals surface area contributed by atoms with Gasteiger partial charge in [-0.05, 0) is 25.1 Å². The second kappa shape index (κ2) is 3.24. The summed E-state index contributed by atoms with van der Waals surface area (Å²) in [7, 11) is 0. The van der Waals surface area contributed by atoms with Crippen LogP contribution in [0.1, 0.15) is 16.1 Å². The van der Waals surface area contributed by atoms with Crippen LogP contribution in [0, 0.1) is 6.92 Å². The molecule has 4 nitrogen and oxygen atoms in total. The van der Waals surface area contributed by atoms with Gasteiger partial charge in [-0.25, -0.2) is 4.79 Å². The molecule has 0 atom stereocenters. The quantitative estimate of drug-likeness (QED) is 0.738. The van der Waals surface area contributed by atoms with Crippen molar-refractivity contribution in [3.05, 3.63) is 45.9 Å². The van der Waals surface area contributed by atoms with E-state index in [0.717, 1.165) is 0 Å². The number of aromatic nitrogens is 1. The number of nitrogens with one attached hydrogen (secondary N) is 1. The lowest BCUT2D eigenvalue weighted by atomic mass is 10.1. The monoisotopic (exact) mass is 203 g/mol. The minimum absolute atomic E-state index is 0.154. The second-order valence-electron chi connectivity index (χ2n) is 3.35. The molecule has 4 heteroatoms. The van der Waals surface area contributed by atoms with Gasteiger partial charge < -0.3 is 10.1 Å². The van der Waals surface area contributed by atoms with Crippen molar-refractivity contribution in [1.29, 1.82) is 0 Å². The molecule has 2 rings (SSSR count). The number of H-pyrrole nitrogens is 1. The zero-order valence-corrected chi connectivity index (χ0v) is 8.07. The smallest absolute Gasteiger partial charge is 0.336 e. The van der Waals surface area contributed by atoms with Crippen LogP contribution in [0.3, 0.4) is 0 Å². The number of carboxylic acids is 1. The molecular formula is C11H9NO3. The van der Waals surface area contributed by atoms with Gasteiger partial charge >= 0.3 is 5.97 Å². The Hall–Kier alpha value is -2.10. The first-order chi connectivity index (χ1) is 7.09. The lowest BCUT2D eigenvalue weighted by Crippen LogP contribution is -2.09. The van der Waals surface area contributed by atoms with Gasteiger partial charge in [0.1, 0.15) is 0 Å². The molecule has 0 fully saturated rings. The van der Waals surface area contributed by atoms with Gasteiger partial charge in [0.2, 0.25) is 0 Å². The minimum Gasteiger partial charge on any atom is -0.478 e. The van der Waals surface area contributed by atoms with Crippen molar-refractivity contribution in [2.24, 2.45) is 0 Å². The number of benzene rings is 1. The maximum Gasteiger partial charge on any atom is 0.336 e. The minimum atomic E-state index is -1.02. The lowest BCUT2D eigenvalue weighted by molar-refractivity contribution is 0.0699. The van der Waals surface area contributed by atoms with Crippen LogP contribution in [0.25, 0.3) is 10.8 Å². The van der Waals surface area contributed by atoms with Crippen LogP contribution < -0.4 is 5.56 Å². The molecule has 0 unspecified atom stereocenters. The average molecular weight is 203 g/mol. The second-order valence-corrected chi connectivity index (χ2v) is 3.35. The Kier molecular flexibility index (Phi) is 2.04. The molecule has 0 bridgehead atoms. The number of aromatic carboxylic acids is 1. The summed E-state index contributed by atoms with van der Waals surface area (Å²) in [5, 5.41) is 9.83. The Labute approximate surface area is 85.2 Å². The summed E-state index contributed by atoms with van der Waals surface area (Å²) in [5.74, 6) is -1.02. The zero-order valence-electron chi connectivity index (χ0n) is 8.07. The molecular weight excluding hydrogens is 194 g/mol. The van der Waals surface area contributed by atoms with E-state index < -0.39 is 5.97 Å². The maximum atomic E-state index is 11.5. The van der Waals surface area contributed by atoms with Crippen LogP contribution in [0.4, 0.5) is 0 Å². The molecule has 0 saturated carbocycles. The van der Waals surface area contributed by atoms with Crippen molar-refractivity contribution in [2.45, 2.75) is 6.92 Å². The van der Waals surface area contributed by atoms with Crippen molar-refractivity contribution in [1.82, 2.24) is 4.98 Å². The summed E-state index contributed by atoms with van der Waals surface area (Å²) in [6.07, 6.45) is 0. The molecule has 0 spiro atoms. The van der Waals surface area contributed by atoms with Crippen molar-refractivity contribution < 1.29 is 9.90 Å². The molecule has 0 amide bonds. The predicted octanol–water partition coefficient (Wildman–Crippen LogP) is 1.53. The molecule has 15 heavy (non-hydrogen) atoms. The van der Waals surface area contributed by atoms with E-state index in [4.69, 9.17) is 5.11 Å². The molecule has 0 aliphatic heterocycles. The Morgan fingerprint density at radius 3 is 2.73 bits per heavy atom. The Bertz CT molecular complexity index is 598. The first-order valence-corrected chi connectivity index (χ1v) is 4.45. The van der Waals surface area contributed by atoms with E-state index >= 15 is 0 Å². The van der Waals surface area contributed by atoms with Gasteiger partial charge in [-0.1, -0.05) is 6.07 Å². The number of hydrogen-bond acceptors (Lipinski definition) is 2. The fourth-order valence-electron chi connectivity index (χ4n) is 1.60. The number of rotatable bonds is 1. The molecule has 0 saturated heterocycles. The van der Waals surface area contributed by atoms with Crippen LogP contribution in [0.5, 0.6) is 0 Å². The maximum absolute atomic E-state index is 11.5. The molecule has 1 heterocycles. The molecule has 2 aromatic rings. The predicted molar refractivity (Wildman–Crippen MR) is 56.3 cm³/mol. The number of aryl methyl sites for hydroxylation is 1. The zero-order chi connectivity index (χ0) is 11.0. The van der Waals surface area contributed by atoms with Crippen LogP contribution in [0.2, 0.25) is 0 Å². The summed E-state index contributed by atoms with van der Waals surface area (Å²) < 4.78 is 0. The van der Waals surface area contributed by atoms with Gasteiger partial charge in [0.15, 0.2) is 0 Å². The molecule has 0 aliphatic carbocycles. The van der Waals surface area contributed by atoms with Crippen molar-refractivity contribution in [3.63, 3.8) is 0 Å². The van der Waals surface area contributed by atoms with Crippen molar-refractivity contribution in [2.75, 3.05) is 0 Å². The molecule has 2 N–H and O–H groups in total. The average Bonchev–Trinajstić information content (AvgIpc) is 2.16. The number of carbonyl (C=O) groups is 1. The van der Waals surface area contributed by atoms with Crippen molar-refractivity contribution in [3.8, 4) is 0 Å². The highest BCUT2D eigenvalue weighted by molar-refractivity contribution is 6.03. The normalized spacial score (nSPS) is 10.5. The van der Waals surface area contributed by atoms with Crippen LogP contribution >= 0.6 is 0 Å². The van der Waals surface area contributed by atoms with E-state index in [1.165, 1.54) is 6.07 Å². The van der Waals surface area contributed by atoms with Gasteiger partial charge in [0.25, 0.3) is 5.56 Å². The van der Waals surface area contributed by atoms with E-state index in [2.05, 4.69) is 4.98 Å². The summed E-state index contributed by atoms with van der Waals surface area (Å²) in [6.45, 7) is 1.72. The number of pyridine rings is 1. The van der Waals surface area contributed by atoms with Crippen LogP contribution in [-0.4, -0.2) is 16.1 Å². The van der Waals surface area contributed by atoms with Gasteiger partial charge in [0, 0.05) is 16.5 Å². The van der Waals surface area contributed by atoms with E-state index in [0.29, 0.717) is 16.5 Å². The fraction of sp³-hybridized carbons (Fsp3) is 0.0909. The molecule has 1 aromatic heterocycles. The van der Waals surface area contributed by atoms with Gasteiger partial charge in [-0.15, -0.1) is 0 Å². The van der Waals surface area contributed by atoms with Crippen LogP contribution in [-0.2, 0) is 0 Å². The standard InChI is InChI=1S/C11H9NO3/c1-6-5-9-7(10(13)12-6)3-2-4-8(9)11(14)15/h2-5H,1H3,(H,12,13)(H,14,15). The topological polar surface area (TPSA) is 70.2 Å². The van der Waals surface area contributed by atoms with E-state index in [9.17, 15) is 9.59 Å². The molecule has 1 aromatic carbocycles. The van der Waals surface area contributed by atoms with Crippen LogP contribution in [0.15, 0.2) is 29.1 Å². The molecule has 0 radical (unpaired) electrons. The van der Waals surface area contributed by atoms with E-state index in [1.54, 1.807) is 25.1 Å². The number of hydrogen-bond donors (Lipinski definition) is 2. The van der Waals surface area contributed by atoms with E-state index in [1.807, 2.05) is 0 Å². The third kappa shape index (κ3) is 1.50. The highest BCUT2D eigenvalue weighted by atomic mass is 16.4. The Balaban J connectivity index is 2.97. The number of carboxylic acid groups (broad SMARTS) is 1. The van der Waals surface area contributed by atoms with Gasteiger partial charge in [-0.3, -0.25) is 4.79 Å². The van der Waals surface area contributed by atoms with Gasteiger partial charge in [-0.2, -0.15) is 0 Å². The fourth-order valence-corrected chi connectivity index (χ4v) is 1.60. The summed E-state index contributed by atoms with van der Waals surface area (Å²) >= 11 is 0. The van der Waals surface area contributed by atoms with Gasteiger partial charge in [0.05, 0.1) is 5.56 Å². The number of aromatic amines is 1. The van der Waals surface area contributed by atoms with E-state index in [-0.39, 0.29) is 11.1 Å². The Morgan fingerprint density at radius 1 is 1.33 bits per heavy atom. The summed E-state index contributed by atoms with van der Waals surface area (Å²) in [4.78, 5) is 25.1. The largest absolute Gasteiger partial charge is 0.478 e. The molecule has 0 aliphatic rings. The highest BCUT2D eigenvalue weighted by Gasteiger charge is 2.09. The first kappa shape index (κ1) is 9.45.